The third-order valence-electron chi connectivity index (χ3n) is 6.93. The van der Waals surface area contributed by atoms with Crippen molar-refractivity contribution in [3.63, 3.8) is 0 Å². The Balaban J connectivity index is 1.54. The van der Waals surface area contributed by atoms with E-state index in [1.54, 1.807) is 6.07 Å². The molecule has 9 heteroatoms. The van der Waals surface area contributed by atoms with Crippen LogP contribution in [0.5, 0.6) is 5.75 Å². The number of amides is 2. The average molecular weight is 450 g/mol. The SMILES string of the molecule is C[C@H]1[C@H](C)CCC[C@@H]1NC(=O)CN1C(=O)COc2ccc(S(=O)(=O)N3CCCC3)cc21. The van der Waals surface area contributed by atoms with E-state index in [9.17, 15) is 18.0 Å². The van der Waals surface area contributed by atoms with Crippen LogP contribution >= 0.6 is 0 Å². The smallest absolute Gasteiger partial charge is 0.265 e. The Bertz CT molecular complexity index is 958. The van der Waals surface area contributed by atoms with Gasteiger partial charge in [-0.1, -0.05) is 26.7 Å². The molecular weight excluding hydrogens is 418 g/mol. The van der Waals surface area contributed by atoms with Crippen LogP contribution in [0.25, 0.3) is 0 Å². The summed E-state index contributed by atoms with van der Waals surface area (Å²) in [7, 11) is -3.64. The molecule has 0 radical (unpaired) electrons. The standard InChI is InChI=1S/C22H31N3O5S/c1-15-6-5-7-18(16(15)2)23-21(26)13-25-19-12-17(8-9-20(19)30-14-22(25)27)31(28,29)24-10-3-4-11-24/h8-9,12,15-16,18H,3-7,10-11,13-14H2,1-2H3,(H,23,26)/t15-,16+,18+/m1/s1. The minimum atomic E-state index is -3.64. The number of hydrogen-bond donors (Lipinski definition) is 1. The zero-order valence-corrected chi connectivity index (χ0v) is 19.0. The molecule has 0 spiro atoms. The minimum Gasteiger partial charge on any atom is -0.482 e. The van der Waals surface area contributed by atoms with Gasteiger partial charge in [-0.05, 0) is 49.3 Å². The van der Waals surface area contributed by atoms with E-state index in [4.69, 9.17) is 4.74 Å². The van der Waals surface area contributed by atoms with Gasteiger partial charge in [0.25, 0.3) is 5.91 Å². The molecule has 2 aliphatic heterocycles. The third kappa shape index (κ3) is 4.43. The predicted molar refractivity (Wildman–Crippen MR) is 116 cm³/mol. The fourth-order valence-electron chi connectivity index (χ4n) is 4.78. The lowest BCUT2D eigenvalue weighted by molar-refractivity contribution is -0.126. The van der Waals surface area contributed by atoms with E-state index in [0.717, 1.165) is 32.1 Å². The Hall–Kier alpha value is -2.13. The van der Waals surface area contributed by atoms with Gasteiger partial charge in [0.2, 0.25) is 15.9 Å². The van der Waals surface area contributed by atoms with Gasteiger partial charge in [-0.25, -0.2) is 8.42 Å². The van der Waals surface area contributed by atoms with Crippen LogP contribution in [0.15, 0.2) is 23.1 Å². The molecule has 1 N–H and O–H groups in total. The van der Waals surface area contributed by atoms with Crippen LogP contribution in [-0.4, -0.2) is 56.8 Å². The molecular formula is C22H31N3O5S. The molecule has 0 aromatic heterocycles. The molecule has 1 aromatic carbocycles. The lowest BCUT2D eigenvalue weighted by atomic mass is 9.78. The third-order valence-corrected chi connectivity index (χ3v) is 8.83. The van der Waals surface area contributed by atoms with Gasteiger partial charge >= 0.3 is 0 Å². The molecule has 170 valence electrons. The van der Waals surface area contributed by atoms with Gasteiger partial charge in [-0.3, -0.25) is 14.5 Å². The first-order valence-corrected chi connectivity index (χ1v) is 12.6. The van der Waals surface area contributed by atoms with Gasteiger partial charge in [-0.2, -0.15) is 4.31 Å². The number of hydrogen-bond acceptors (Lipinski definition) is 5. The quantitative estimate of drug-likeness (QED) is 0.743. The first kappa shape index (κ1) is 22.1. The largest absolute Gasteiger partial charge is 0.482 e. The minimum absolute atomic E-state index is 0.0914. The van der Waals surface area contributed by atoms with Crippen molar-refractivity contribution in [2.24, 2.45) is 11.8 Å². The molecule has 2 amide bonds. The van der Waals surface area contributed by atoms with E-state index in [1.165, 1.54) is 21.3 Å². The fourth-order valence-corrected chi connectivity index (χ4v) is 6.31. The number of rotatable bonds is 5. The van der Waals surface area contributed by atoms with Gasteiger partial charge < -0.3 is 10.1 Å². The number of nitrogens with zero attached hydrogens (tertiary/aromatic N) is 2. The number of sulfonamides is 1. The monoisotopic (exact) mass is 449 g/mol. The molecule has 0 bridgehead atoms. The summed E-state index contributed by atoms with van der Waals surface area (Å²) < 4.78 is 32.9. The van der Waals surface area contributed by atoms with Crippen molar-refractivity contribution in [2.45, 2.75) is 56.9 Å². The maximum atomic E-state index is 13.0. The number of fused-ring (bicyclic) bond motifs is 1. The maximum absolute atomic E-state index is 13.0. The zero-order valence-electron chi connectivity index (χ0n) is 18.2. The number of nitrogens with one attached hydrogen (secondary N) is 1. The lowest BCUT2D eigenvalue weighted by Gasteiger charge is -2.35. The molecule has 1 saturated carbocycles. The molecule has 0 unspecified atom stereocenters. The molecule has 1 saturated heterocycles. The van der Waals surface area contributed by atoms with E-state index in [2.05, 4.69) is 19.2 Å². The molecule has 8 nitrogen and oxygen atoms in total. The second kappa shape index (κ2) is 8.78. The second-order valence-electron chi connectivity index (χ2n) is 8.95. The number of carbonyl (C=O) groups is 2. The van der Waals surface area contributed by atoms with E-state index in [0.29, 0.717) is 36.4 Å². The molecule has 2 heterocycles. The molecule has 3 aliphatic rings. The summed E-state index contributed by atoms with van der Waals surface area (Å²) in [4.78, 5) is 26.8. The Labute approximate surface area is 184 Å². The van der Waals surface area contributed by atoms with Crippen LogP contribution < -0.4 is 15.0 Å². The van der Waals surface area contributed by atoms with Crippen LogP contribution in [0, 0.1) is 11.8 Å². The highest BCUT2D eigenvalue weighted by Crippen LogP contribution is 2.35. The number of ether oxygens (including phenoxy) is 1. The summed E-state index contributed by atoms with van der Waals surface area (Å²) in [5.74, 6) is 0.738. The lowest BCUT2D eigenvalue weighted by Crippen LogP contribution is -2.50. The fraction of sp³-hybridized carbons (Fsp3) is 0.636. The van der Waals surface area contributed by atoms with E-state index in [1.807, 2.05) is 0 Å². The van der Waals surface area contributed by atoms with Crippen LogP contribution in [-0.2, 0) is 19.6 Å². The van der Waals surface area contributed by atoms with Gasteiger partial charge in [0.1, 0.15) is 12.3 Å². The summed E-state index contributed by atoms with van der Waals surface area (Å²) >= 11 is 0. The van der Waals surface area contributed by atoms with Gasteiger partial charge in [0.05, 0.1) is 10.6 Å². The number of benzene rings is 1. The Morgan fingerprint density at radius 2 is 1.90 bits per heavy atom. The normalized spacial score (nSPS) is 27.0. The van der Waals surface area contributed by atoms with E-state index in [-0.39, 0.29) is 35.9 Å². The van der Waals surface area contributed by atoms with Crippen molar-refractivity contribution in [1.29, 1.82) is 0 Å². The van der Waals surface area contributed by atoms with E-state index >= 15 is 0 Å². The topological polar surface area (TPSA) is 96.0 Å². The van der Waals surface area contributed by atoms with Crippen molar-refractivity contribution < 1.29 is 22.7 Å². The number of anilines is 1. The zero-order chi connectivity index (χ0) is 22.2. The van der Waals surface area contributed by atoms with Crippen molar-refractivity contribution in [1.82, 2.24) is 9.62 Å². The molecule has 31 heavy (non-hydrogen) atoms. The first-order chi connectivity index (χ1) is 14.8. The summed E-state index contributed by atoms with van der Waals surface area (Å²) in [5, 5.41) is 3.09. The Morgan fingerprint density at radius 3 is 2.65 bits per heavy atom. The molecule has 2 fully saturated rings. The number of carbonyl (C=O) groups excluding carboxylic acids is 2. The maximum Gasteiger partial charge on any atom is 0.265 e. The predicted octanol–water partition coefficient (Wildman–Crippen LogP) is 2.14. The molecule has 3 atom stereocenters. The van der Waals surface area contributed by atoms with Crippen molar-refractivity contribution in [3.05, 3.63) is 18.2 Å². The van der Waals surface area contributed by atoms with Gasteiger partial charge in [-0.15, -0.1) is 0 Å². The summed E-state index contributed by atoms with van der Waals surface area (Å²) in [6.45, 7) is 5.03. The Morgan fingerprint density at radius 1 is 1.16 bits per heavy atom. The molecule has 1 aromatic rings. The van der Waals surface area contributed by atoms with Crippen molar-refractivity contribution in [3.8, 4) is 5.75 Å². The summed E-state index contributed by atoms with van der Waals surface area (Å²) in [6.07, 6.45) is 4.86. The Kier molecular flexibility index (Phi) is 6.25. The van der Waals surface area contributed by atoms with E-state index < -0.39 is 10.0 Å². The highest BCUT2D eigenvalue weighted by Gasteiger charge is 2.33. The van der Waals surface area contributed by atoms with Crippen molar-refractivity contribution >= 4 is 27.5 Å². The second-order valence-corrected chi connectivity index (χ2v) is 10.9. The summed E-state index contributed by atoms with van der Waals surface area (Å²) in [5.41, 5.74) is 0.330. The summed E-state index contributed by atoms with van der Waals surface area (Å²) in [6, 6.07) is 4.62. The van der Waals surface area contributed by atoms with Crippen LogP contribution in [0.4, 0.5) is 5.69 Å². The average Bonchev–Trinajstić information content (AvgIpc) is 3.29. The van der Waals surface area contributed by atoms with Gasteiger partial charge in [0.15, 0.2) is 6.61 Å². The molecule has 4 rings (SSSR count). The first-order valence-electron chi connectivity index (χ1n) is 11.1. The highest BCUT2D eigenvalue weighted by atomic mass is 32.2. The van der Waals surface area contributed by atoms with Gasteiger partial charge in [0, 0.05) is 19.1 Å². The van der Waals surface area contributed by atoms with Crippen molar-refractivity contribution in [2.75, 3.05) is 31.1 Å². The molecule has 1 aliphatic carbocycles. The van der Waals surface area contributed by atoms with Crippen LogP contribution in [0.3, 0.4) is 0 Å². The van der Waals surface area contributed by atoms with Crippen LogP contribution in [0.1, 0.15) is 46.0 Å². The highest BCUT2D eigenvalue weighted by molar-refractivity contribution is 7.89. The van der Waals surface area contributed by atoms with Crippen LogP contribution in [0.2, 0.25) is 0 Å².